The predicted octanol–water partition coefficient (Wildman–Crippen LogP) is 0.191. The first kappa shape index (κ1) is 16.5. The Morgan fingerprint density at radius 3 is 2.75 bits per heavy atom. The average molecular weight is 298 g/mol. The van der Waals surface area contributed by atoms with Gasteiger partial charge in [-0.3, -0.25) is 0 Å². The third-order valence-corrected chi connectivity index (χ3v) is 3.17. The zero-order valence-electron chi connectivity index (χ0n) is 11.7. The van der Waals surface area contributed by atoms with Crippen molar-refractivity contribution >= 4 is 11.4 Å². The minimum absolute atomic E-state index is 0. The molecule has 1 aliphatic rings. The lowest BCUT2D eigenvalue weighted by molar-refractivity contribution is -0.00000544. The van der Waals surface area contributed by atoms with Gasteiger partial charge in [0.2, 0.25) is 5.39 Å². The molecule has 6 heteroatoms. The molecule has 1 fully saturated rings. The van der Waals surface area contributed by atoms with E-state index in [-0.39, 0.29) is 12.4 Å². The average Bonchev–Trinajstić information content (AvgIpc) is 2.48. The Balaban J connectivity index is 0.00000200. The third-order valence-electron chi connectivity index (χ3n) is 3.17. The quantitative estimate of drug-likeness (QED) is 0.575. The van der Waals surface area contributed by atoms with Crippen molar-refractivity contribution in [3.63, 3.8) is 0 Å². The summed E-state index contributed by atoms with van der Waals surface area (Å²) >= 11 is 0. The molecule has 0 radical (unpaired) electrons. The molecule has 2 rings (SSSR count). The van der Waals surface area contributed by atoms with Crippen molar-refractivity contribution in [1.29, 1.82) is 5.39 Å². The summed E-state index contributed by atoms with van der Waals surface area (Å²) in [7, 11) is 0. The minimum Gasteiger partial charge on any atom is -1.00 e. The van der Waals surface area contributed by atoms with Gasteiger partial charge in [0.15, 0.2) is 4.98 Å². The zero-order valence-corrected chi connectivity index (χ0v) is 12.5. The van der Waals surface area contributed by atoms with Crippen molar-refractivity contribution in [2.24, 2.45) is 0 Å². The lowest BCUT2D eigenvalue weighted by Gasteiger charge is -2.29. The first-order valence-corrected chi connectivity index (χ1v) is 6.79. The molecule has 5 nitrogen and oxygen atoms in total. The highest BCUT2D eigenvalue weighted by molar-refractivity contribution is 5.66. The van der Waals surface area contributed by atoms with Crippen LogP contribution in [0.1, 0.15) is 19.8 Å². The molecule has 110 valence electrons. The maximum absolute atomic E-state index is 8.91. The number of unbranched alkanes of at least 4 members (excludes halogenated alkanes) is 1. The number of diazo groups is 1. The summed E-state index contributed by atoms with van der Waals surface area (Å²) in [6, 6.07) is 5.48. The molecule has 0 saturated carbocycles. The summed E-state index contributed by atoms with van der Waals surface area (Å²) in [5, 5.41) is 8.91. The van der Waals surface area contributed by atoms with Crippen molar-refractivity contribution in [2.45, 2.75) is 19.8 Å². The van der Waals surface area contributed by atoms with Gasteiger partial charge in [-0.1, -0.05) is 13.3 Å². The summed E-state index contributed by atoms with van der Waals surface area (Å²) in [6.45, 7) is 5.95. The van der Waals surface area contributed by atoms with E-state index in [2.05, 4.69) is 16.8 Å². The van der Waals surface area contributed by atoms with Crippen LogP contribution in [0.25, 0.3) is 4.98 Å². The normalized spacial score (nSPS) is 14.3. The Bertz CT molecular complexity index is 456. The molecule has 0 amide bonds. The second kappa shape index (κ2) is 8.62. The van der Waals surface area contributed by atoms with Crippen LogP contribution in [-0.2, 0) is 4.74 Å². The van der Waals surface area contributed by atoms with Gasteiger partial charge in [-0.2, -0.15) is 0 Å². The number of anilines is 1. The summed E-state index contributed by atoms with van der Waals surface area (Å²) in [6.07, 6.45) is 2.14. The Labute approximate surface area is 125 Å². The highest BCUT2D eigenvalue weighted by atomic mass is 35.5. The number of benzene rings is 1. The molecule has 1 aromatic rings. The van der Waals surface area contributed by atoms with Crippen molar-refractivity contribution < 1.29 is 21.9 Å². The standard InChI is InChI=1S/C14H20N3O2.ClH/c1-2-3-8-19-14-5-4-12(16-15)11-13(14)17-6-9-18-10-7-17;/h4-5,11H,2-3,6-10H2,1H3;1H/q+1;/p-1. The molecule has 1 aliphatic heterocycles. The van der Waals surface area contributed by atoms with Crippen LogP contribution in [0.4, 0.5) is 11.4 Å². The van der Waals surface area contributed by atoms with E-state index in [0.717, 1.165) is 50.6 Å². The van der Waals surface area contributed by atoms with Crippen molar-refractivity contribution in [3.05, 3.63) is 23.2 Å². The Kier molecular flexibility index (Phi) is 7.13. The molecule has 0 atom stereocenters. The van der Waals surface area contributed by atoms with E-state index in [4.69, 9.17) is 14.9 Å². The van der Waals surface area contributed by atoms with Crippen molar-refractivity contribution in [1.82, 2.24) is 0 Å². The fraction of sp³-hybridized carbons (Fsp3) is 0.571. The van der Waals surface area contributed by atoms with Crippen molar-refractivity contribution in [3.8, 4) is 5.75 Å². The predicted molar refractivity (Wildman–Crippen MR) is 74.6 cm³/mol. The van der Waals surface area contributed by atoms with Crippen LogP contribution in [0.3, 0.4) is 0 Å². The van der Waals surface area contributed by atoms with Crippen molar-refractivity contribution in [2.75, 3.05) is 37.8 Å². The first-order chi connectivity index (χ1) is 9.35. The Morgan fingerprint density at radius 1 is 1.35 bits per heavy atom. The summed E-state index contributed by atoms with van der Waals surface area (Å²) in [4.78, 5) is 5.46. The zero-order chi connectivity index (χ0) is 13.5. The van der Waals surface area contributed by atoms with E-state index in [1.807, 2.05) is 12.1 Å². The van der Waals surface area contributed by atoms with Crippen LogP contribution in [0.5, 0.6) is 5.75 Å². The van der Waals surface area contributed by atoms with Crippen LogP contribution in [0.15, 0.2) is 18.2 Å². The molecule has 0 aromatic heterocycles. The van der Waals surface area contributed by atoms with Gasteiger partial charge in [0.05, 0.1) is 31.6 Å². The van der Waals surface area contributed by atoms with Gasteiger partial charge in [0.1, 0.15) is 5.75 Å². The number of hydrogen-bond donors (Lipinski definition) is 0. The molecule has 0 spiro atoms. The van der Waals surface area contributed by atoms with Crippen LogP contribution < -0.4 is 22.0 Å². The maximum Gasteiger partial charge on any atom is 0.387 e. The van der Waals surface area contributed by atoms with Gasteiger partial charge >= 0.3 is 5.69 Å². The van der Waals surface area contributed by atoms with E-state index < -0.39 is 0 Å². The Hall–Kier alpha value is -1.51. The van der Waals surface area contributed by atoms with E-state index >= 15 is 0 Å². The van der Waals surface area contributed by atoms with Gasteiger partial charge in [-0.05, 0) is 12.5 Å². The molecule has 1 saturated heterocycles. The second-order valence-corrected chi connectivity index (χ2v) is 4.55. The number of hydrogen-bond acceptors (Lipinski definition) is 4. The largest absolute Gasteiger partial charge is 1.00 e. The van der Waals surface area contributed by atoms with Crippen LogP contribution >= 0.6 is 0 Å². The molecule has 0 unspecified atom stereocenters. The highest BCUT2D eigenvalue weighted by Crippen LogP contribution is 2.33. The van der Waals surface area contributed by atoms with Crippen LogP contribution in [-0.4, -0.2) is 32.9 Å². The summed E-state index contributed by atoms with van der Waals surface area (Å²) in [5.41, 5.74) is 1.53. The lowest BCUT2D eigenvalue weighted by Crippen LogP contribution is -3.00. The molecule has 0 bridgehead atoms. The minimum atomic E-state index is 0. The Morgan fingerprint density at radius 2 is 2.10 bits per heavy atom. The fourth-order valence-electron chi connectivity index (χ4n) is 2.07. The molecular formula is C14H20ClN3O2. The van der Waals surface area contributed by atoms with Gasteiger partial charge < -0.3 is 26.8 Å². The first-order valence-electron chi connectivity index (χ1n) is 6.79. The number of rotatable bonds is 5. The third kappa shape index (κ3) is 4.26. The van der Waals surface area contributed by atoms with Gasteiger partial charge in [-0.15, -0.1) is 0 Å². The molecule has 1 aromatic carbocycles. The molecule has 1 heterocycles. The maximum atomic E-state index is 8.91. The van der Waals surface area contributed by atoms with E-state index in [1.54, 1.807) is 6.07 Å². The number of morpholine rings is 1. The smallest absolute Gasteiger partial charge is 0.387 e. The second-order valence-electron chi connectivity index (χ2n) is 4.55. The van der Waals surface area contributed by atoms with E-state index in [1.165, 1.54) is 0 Å². The SMILES string of the molecule is CCCCOc1ccc([N+]#N)cc1N1CCOCC1.[Cl-]. The molecular weight excluding hydrogens is 278 g/mol. The highest BCUT2D eigenvalue weighted by Gasteiger charge is 2.19. The summed E-state index contributed by atoms with van der Waals surface area (Å²) in [5.74, 6) is 0.850. The van der Waals surface area contributed by atoms with E-state index in [9.17, 15) is 0 Å². The molecule has 20 heavy (non-hydrogen) atoms. The molecule has 0 aliphatic carbocycles. The summed E-state index contributed by atoms with van der Waals surface area (Å²) < 4.78 is 11.2. The van der Waals surface area contributed by atoms with Gasteiger partial charge in [0, 0.05) is 19.2 Å². The van der Waals surface area contributed by atoms with Crippen LogP contribution in [0.2, 0.25) is 0 Å². The molecule has 0 N–H and O–H groups in total. The monoisotopic (exact) mass is 297 g/mol. The lowest BCUT2D eigenvalue weighted by atomic mass is 10.2. The van der Waals surface area contributed by atoms with Crippen LogP contribution in [0, 0.1) is 5.39 Å². The number of ether oxygens (including phenoxy) is 2. The van der Waals surface area contributed by atoms with Gasteiger partial charge in [0.25, 0.3) is 0 Å². The van der Waals surface area contributed by atoms with E-state index in [0.29, 0.717) is 12.3 Å². The van der Waals surface area contributed by atoms with Gasteiger partial charge in [-0.25, -0.2) is 0 Å². The number of nitrogens with zero attached hydrogens (tertiary/aromatic N) is 3. The fourth-order valence-corrected chi connectivity index (χ4v) is 2.07. The number of halogens is 1. The topological polar surface area (TPSA) is 49.8 Å².